The number of thiophene rings is 1. The number of benzene rings is 1. The molecule has 0 unspecified atom stereocenters. The van der Waals surface area contributed by atoms with E-state index in [2.05, 4.69) is 0 Å². The predicted octanol–water partition coefficient (Wildman–Crippen LogP) is 2.98. The Labute approximate surface area is 141 Å². The van der Waals surface area contributed by atoms with Crippen molar-refractivity contribution in [1.29, 1.82) is 0 Å². The Morgan fingerprint density at radius 1 is 1.17 bits per heavy atom. The average molecular weight is 355 g/mol. The Morgan fingerprint density at radius 2 is 1.91 bits per heavy atom. The molecule has 1 aromatic heterocycles. The zero-order valence-electron chi connectivity index (χ0n) is 13.3. The highest BCUT2D eigenvalue weighted by Gasteiger charge is 2.24. The molecule has 0 fully saturated rings. The van der Waals surface area contributed by atoms with Crippen molar-refractivity contribution in [3.8, 4) is 5.75 Å². The summed E-state index contributed by atoms with van der Waals surface area (Å²) in [6, 6.07) is 8.44. The molecule has 0 bridgehead atoms. The molecule has 0 N–H and O–H groups in total. The second-order valence-corrected chi connectivity index (χ2v) is 7.59. The lowest BCUT2D eigenvalue weighted by Gasteiger charge is -2.21. The summed E-state index contributed by atoms with van der Waals surface area (Å²) in [5.74, 6) is 0.660. The first kappa shape index (κ1) is 17.9. The number of ether oxygens (including phenoxy) is 2. The largest absolute Gasteiger partial charge is 0.494 e. The van der Waals surface area contributed by atoms with Crippen LogP contribution in [-0.2, 0) is 21.3 Å². The van der Waals surface area contributed by atoms with Crippen LogP contribution in [0.1, 0.15) is 12.5 Å². The molecule has 5 nitrogen and oxygen atoms in total. The number of rotatable bonds is 9. The second-order valence-electron chi connectivity index (χ2n) is 4.87. The minimum absolute atomic E-state index is 0.257. The predicted molar refractivity (Wildman–Crippen MR) is 91.4 cm³/mol. The van der Waals surface area contributed by atoms with E-state index in [4.69, 9.17) is 9.47 Å². The van der Waals surface area contributed by atoms with Gasteiger partial charge in [-0.25, -0.2) is 8.42 Å². The Bertz CT molecular complexity index is 681. The summed E-state index contributed by atoms with van der Waals surface area (Å²) >= 11 is 1.55. The molecule has 0 saturated carbocycles. The molecule has 1 aromatic carbocycles. The van der Waals surface area contributed by atoms with E-state index < -0.39 is 10.0 Å². The molecule has 7 heteroatoms. The first-order valence-electron chi connectivity index (χ1n) is 7.31. The summed E-state index contributed by atoms with van der Waals surface area (Å²) in [5, 5.41) is 3.89. The van der Waals surface area contributed by atoms with Crippen molar-refractivity contribution in [3.05, 3.63) is 46.7 Å². The van der Waals surface area contributed by atoms with E-state index in [1.807, 2.05) is 23.8 Å². The summed E-state index contributed by atoms with van der Waals surface area (Å²) in [5.41, 5.74) is 0.973. The fraction of sp³-hybridized carbons (Fsp3) is 0.375. The molecule has 1 heterocycles. The van der Waals surface area contributed by atoms with Gasteiger partial charge in [0.15, 0.2) is 0 Å². The van der Waals surface area contributed by atoms with Gasteiger partial charge < -0.3 is 9.47 Å². The smallest absolute Gasteiger partial charge is 0.243 e. The van der Waals surface area contributed by atoms with Gasteiger partial charge in [0, 0.05) is 20.2 Å². The van der Waals surface area contributed by atoms with Gasteiger partial charge in [0.25, 0.3) is 0 Å². The van der Waals surface area contributed by atoms with Crippen LogP contribution < -0.4 is 4.74 Å². The molecule has 0 aliphatic carbocycles. The van der Waals surface area contributed by atoms with E-state index >= 15 is 0 Å². The molecule has 0 spiro atoms. The van der Waals surface area contributed by atoms with Gasteiger partial charge in [-0.2, -0.15) is 15.6 Å². The van der Waals surface area contributed by atoms with Crippen molar-refractivity contribution in [1.82, 2.24) is 4.31 Å². The standard InChI is InChI=1S/C16H21NO4S2/c1-3-21-15-4-6-16(7-5-15)23(18,19)17(9-10-20-2)12-14-8-11-22-13-14/h4-8,11,13H,3,9-10,12H2,1-2H3. The SMILES string of the molecule is CCOc1ccc(S(=O)(=O)N(CCOC)Cc2ccsc2)cc1. The molecule has 0 radical (unpaired) electrons. The van der Waals surface area contributed by atoms with Crippen LogP contribution in [0.4, 0.5) is 0 Å². The van der Waals surface area contributed by atoms with E-state index in [1.165, 1.54) is 4.31 Å². The molecule has 0 aliphatic rings. The quantitative estimate of drug-likeness (QED) is 0.694. The maximum Gasteiger partial charge on any atom is 0.243 e. The van der Waals surface area contributed by atoms with Gasteiger partial charge >= 0.3 is 0 Å². The van der Waals surface area contributed by atoms with Crippen molar-refractivity contribution in [2.24, 2.45) is 0 Å². The summed E-state index contributed by atoms with van der Waals surface area (Å²) in [6.07, 6.45) is 0. The van der Waals surface area contributed by atoms with Gasteiger partial charge in [0.05, 0.1) is 18.1 Å². The van der Waals surface area contributed by atoms with Crippen LogP contribution >= 0.6 is 11.3 Å². The van der Waals surface area contributed by atoms with Gasteiger partial charge in [0.2, 0.25) is 10.0 Å². The van der Waals surface area contributed by atoms with Gasteiger partial charge in [-0.1, -0.05) is 0 Å². The van der Waals surface area contributed by atoms with E-state index in [0.29, 0.717) is 32.1 Å². The van der Waals surface area contributed by atoms with Gasteiger partial charge in [-0.3, -0.25) is 0 Å². The van der Waals surface area contributed by atoms with Crippen molar-refractivity contribution >= 4 is 21.4 Å². The summed E-state index contributed by atoms with van der Waals surface area (Å²) < 4.78 is 37.6. The summed E-state index contributed by atoms with van der Waals surface area (Å²) in [7, 11) is -2.02. The van der Waals surface area contributed by atoms with Crippen molar-refractivity contribution in [3.63, 3.8) is 0 Å². The monoisotopic (exact) mass is 355 g/mol. The molecule has 2 aromatic rings. The molecule has 23 heavy (non-hydrogen) atoms. The van der Waals surface area contributed by atoms with Crippen LogP contribution in [0.5, 0.6) is 5.75 Å². The van der Waals surface area contributed by atoms with Gasteiger partial charge in [-0.15, -0.1) is 0 Å². The highest BCUT2D eigenvalue weighted by atomic mass is 32.2. The van der Waals surface area contributed by atoms with Crippen molar-refractivity contribution in [2.45, 2.75) is 18.4 Å². The van der Waals surface area contributed by atoms with Gasteiger partial charge in [-0.05, 0) is 53.6 Å². The molecule has 0 saturated heterocycles. The van der Waals surface area contributed by atoms with Crippen molar-refractivity contribution in [2.75, 3.05) is 26.9 Å². The van der Waals surface area contributed by atoms with Crippen LogP contribution in [0.25, 0.3) is 0 Å². The second kappa shape index (κ2) is 8.44. The molecule has 126 valence electrons. The fourth-order valence-electron chi connectivity index (χ4n) is 2.09. The Kier molecular flexibility index (Phi) is 6.59. The molecule has 0 atom stereocenters. The summed E-state index contributed by atoms with van der Waals surface area (Å²) in [4.78, 5) is 0.257. The lowest BCUT2D eigenvalue weighted by Crippen LogP contribution is -2.33. The zero-order valence-corrected chi connectivity index (χ0v) is 14.9. The first-order valence-corrected chi connectivity index (χ1v) is 9.69. The highest BCUT2D eigenvalue weighted by Crippen LogP contribution is 2.22. The average Bonchev–Trinajstić information content (AvgIpc) is 3.05. The zero-order chi connectivity index (χ0) is 16.7. The third-order valence-electron chi connectivity index (χ3n) is 3.26. The number of nitrogens with zero attached hydrogens (tertiary/aromatic N) is 1. The third kappa shape index (κ3) is 4.78. The van der Waals surface area contributed by atoms with Crippen LogP contribution in [0, 0.1) is 0 Å². The van der Waals surface area contributed by atoms with Gasteiger partial charge in [0.1, 0.15) is 5.75 Å². The Balaban J connectivity index is 2.23. The molecule has 0 amide bonds. The third-order valence-corrected chi connectivity index (χ3v) is 5.85. The Hall–Kier alpha value is -1.41. The topological polar surface area (TPSA) is 55.8 Å². The van der Waals surface area contributed by atoms with E-state index in [9.17, 15) is 8.42 Å². The Morgan fingerprint density at radius 3 is 2.48 bits per heavy atom. The molecular formula is C16H21NO4S2. The molecule has 2 rings (SSSR count). The summed E-state index contributed by atoms with van der Waals surface area (Å²) in [6.45, 7) is 3.42. The van der Waals surface area contributed by atoms with E-state index in [0.717, 1.165) is 5.56 Å². The first-order chi connectivity index (χ1) is 11.1. The molecule has 0 aliphatic heterocycles. The minimum Gasteiger partial charge on any atom is -0.494 e. The lowest BCUT2D eigenvalue weighted by molar-refractivity contribution is 0.177. The molecular weight excluding hydrogens is 334 g/mol. The minimum atomic E-state index is -3.58. The van der Waals surface area contributed by atoms with Crippen LogP contribution in [0.2, 0.25) is 0 Å². The maximum absolute atomic E-state index is 12.9. The normalized spacial score (nSPS) is 11.8. The lowest BCUT2D eigenvalue weighted by atomic mass is 10.3. The van der Waals surface area contributed by atoms with E-state index in [-0.39, 0.29) is 4.90 Å². The maximum atomic E-state index is 12.9. The van der Waals surface area contributed by atoms with Crippen LogP contribution in [0.3, 0.4) is 0 Å². The number of sulfonamides is 1. The highest BCUT2D eigenvalue weighted by molar-refractivity contribution is 7.89. The number of hydrogen-bond donors (Lipinski definition) is 0. The fourth-order valence-corrected chi connectivity index (χ4v) is 4.16. The number of methoxy groups -OCH3 is 1. The van der Waals surface area contributed by atoms with Crippen molar-refractivity contribution < 1.29 is 17.9 Å². The van der Waals surface area contributed by atoms with Crippen LogP contribution in [0.15, 0.2) is 46.0 Å². The van der Waals surface area contributed by atoms with Crippen LogP contribution in [-0.4, -0.2) is 39.6 Å². The number of hydrogen-bond acceptors (Lipinski definition) is 5. The van der Waals surface area contributed by atoms with E-state index in [1.54, 1.807) is 42.7 Å².